The third-order valence-electron chi connectivity index (χ3n) is 8.13. The Morgan fingerprint density at radius 3 is 1.93 bits per heavy atom. The highest BCUT2D eigenvalue weighted by Crippen LogP contribution is 2.42. The quantitative estimate of drug-likeness (QED) is 0.438. The molecular formula is C23H45NO4Si2. The first-order valence-electron chi connectivity index (χ1n) is 11.6. The van der Waals surface area contributed by atoms with E-state index in [-0.39, 0.29) is 51.9 Å². The van der Waals surface area contributed by atoms with E-state index >= 15 is 0 Å². The Labute approximate surface area is 186 Å². The van der Waals surface area contributed by atoms with Crippen LogP contribution >= 0.6 is 0 Å². The summed E-state index contributed by atoms with van der Waals surface area (Å²) in [7, 11) is -4.01. The molecule has 174 valence electrons. The minimum Gasteiger partial charge on any atom is -0.413 e. The first kappa shape index (κ1) is 25.8. The van der Waals surface area contributed by atoms with E-state index in [0.29, 0.717) is 0 Å². The number of β-lactam (4-membered cyclic amide) rings is 1. The maximum absolute atomic E-state index is 13.4. The summed E-state index contributed by atoms with van der Waals surface area (Å²) in [6.45, 7) is 24.1. The summed E-state index contributed by atoms with van der Waals surface area (Å²) in [5.74, 6) is -0.214. The van der Waals surface area contributed by atoms with Crippen LogP contribution in [-0.4, -0.2) is 46.6 Å². The molecule has 1 amide bonds. The largest absolute Gasteiger partial charge is 0.413 e. The van der Waals surface area contributed by atoms with E-state index in [9.17, 15) is 9.59 Å². The Hall–Kier alpha value is -0.506. The highest BCUT2D eigenvalue weighted by atomic mass is 28.4. The van der Waals surface area contributed by atoms with Crippen molar-refractivity contribution in [1.82, 2.24) is 5.32 Å². The Morgan fingerprint density at radius 1 is 0.933 bits per heavy atom. The van der Waals surface area contributed by atoms with Crippen LogP contribution in [0.2, 0.25) is 36.3 Å². The number of amides is 1. The number of hydrogen-bond donors (Lipinski definition) is 1. The van der Waals surface area contributed by atoms with E-state index in [4.69, 9.17) is 8.85 Å². The van der Waals surface area contributed by atoms with Crippen LogP contribution in [0.25, 0.3) is 0 Å². The second-order valence-electron chi connectivity index (χ2n) is 12.5. The van der Waals surface area contributed by atoms with Gasteiger partial charge in [0, 0.05) is 5.92 Å². The number of ketones is 1. The molecule has 2 rings (SSSR count). The number of carbonyl (C=O) groups excluding carboxylic acids is 2. The molecular weight excluding hydrogens is 410 g/mol. The lowest BCUT2D eigenvalue weighted by Gasteiger charge is -2.49. The number of nitrogens with one attached hydrogen (secondary N) is 1. The van der Waals surface area contributed by atoms with Gasteiger partial charge in [-0.1, -0.05) is 41.5 Å². The minimum atomic E-state index is -2.02. The fourth-order valence-corrected chi connectivity index (χ4v) is 6.77. The summed E-state index contributed by atoms with van der Waals surface area (Å²) in [6.07, 6.45) is 2.07. The molecule has 0 aromatic rings. The van der Waals surface area contributed by atoms with E-state index in [2.05, 4.69) is 73.0 Å². The zero-order chi connectivity index (χ0) is 23.3. The third-order valence-corrected chi connectivity index (χ3v) is 17.2. The van der Waals surface area contributed by atoms with Gasteiger partial charge in [0.25, 0.3) is 0 Å². The summed E-state index contributed by atoms with van der Waals surface area (Å²) in [4.78, 5) is 25.9. The van der Waals surface area contributed by atoms with Crippen molar-refractivity contribution in [3.63, 3.8) is 0 Å². The molecule has 1 aliphatic heterocycles. The highest BCUT2D eigenvalue weighted by Gasteiger charge is 2.53. The van der Waals surface area contributed by atoms with Gasteiger partial charge in [-0.15, -0.1) is 0 Å². The van der Waals surface area contributed by atoms with Crippen LogP contribution in [0.3, 0.4) is 0 Å². The standard InChI is InChI=1S/C23H45NO4Si2/c1-15(27-29(8,9)22(2,3)4)18-19(24-21(18)26)16-13-12-14-17(20(16)25)28-30(10,11)23(5,6)7/h15-19H,12-14H2,1-11H3,(H,24,26)/t15-,16?,17?,18-,19?/m1/s1. The molecule has 7 heteroatoms. The Balaban J connectivity index is 2.13. The number of hydrogen-bond acceptors (Lipinski definition) is 4. The molecule has 2 fully saturated rings. The SMILES string of the molecule is C[C@@H](O[Si](C)(C)C(C)(C)C)[C@H]1C(=O)NC1C1CCCC(O[Si](C)(C)C(C)(C)C)C1=O. The van der Waals surface area contributed by atoms with Crippen molar-refractivity contribution in [2.24, 2.45) is 11.8 Å². The molecule has 1 saturated heterocycles. The van der Waals surface area contributed by atoms with Gasteiger partial charge in [0.15, 0.2) is 22.4 Å². The number of Topliss-reactive ketones (excluding diaryl/α,β-unsaturated/α-hetero) is 1. The molecule has 0 bridgehead atoms. The minimum absolute atomic E-state index is 0.0199. The van der Waals surface area contributed by atoms with Gasteiger partial charge < -0.3 is 14.2 Å². The van der Waals surface area contributed by atoms with Crippen molar-refractivity contribution in [2.45, 2.75) is 122 Å². The third kappa shape index (κ3) is 5.10. The highest BCUT2D eigenvalue weighted by molar-refractivity contribution is 6.74. The molecule has 1 heterocycles. The maximum atomic E-state index is 13.4. The van der Waals surface area contributed by atoms with Crippen molar-refractivity contribution < 1.29 is 18.4 Å². The van der Waals surface area contributed by atoms with Gasteiger partial charge in [-0.3, -0.25) is 9.59 Å². The number of carbonyl (C=O) groups is 2. The van der Waals surface area contributed by atoms with Crippen LogP contribution in [0.4, 0.5) is 0 Å². The van der Waals surface area contributed by atoms with Gasteiger partial charge in [0.2, 0.25) is 5.91 Å². The molecule has 1 aliphatic carbocycles. The van der Waals surface area contributed by atoms with Crippen molar-refractivity contribution in [3.8, 4) is 0 Å². The molecule has 3 unspecified atom stereocenters. The summed E-state index contributed by atoms with van der Waals surface area (Å²) < 4.78 is 13.0. The lowest BCUT2D eigenvalue weighted by molar-refractivity contribution is -0.148. The lowest BCUT2D eigenvalue weighted by Crippen LogP contribution is -2.68. The zero-order valence-electron chi connectivity index (χ0n) is 21.1. The first-order valence-corrected chi connectivity index (χ1v) is 17.4. The average molecular weight is 456 g/mol. The normalized spacial score (nSPS) is 30.0. The van der Waals surface area contributed by atoms with Crippen LogP contribution in [0.1, 0.15) is 67.7 Å². The topological polar surface area (TPSA) is 64.6 Å². The predicted molar refractivity (Wildman–Crippen MR) is 128 cm³/mol. The first-order chi connectivity index (χ1) is 13.4. The van der Waals surface area contributed by atoms with Crippen molar-refractivity contribution >= 4 is 28.3 Å². The molecule has 30 heavy (non-hydrogen) atoms. The fraction of sp³-hybridized carbons (Fsp3) is 0.913. The zero-order valence-corrected chi connectivity index (χ0v) is 23.1. The predicted octanol–water partition coefficient (Wildman–Crippen LogP) is 5.27. The molecule has 5 atom stereocenters. The second kappa shape index (κ2) is 8.45. The second-order valence-corrected chi connectivity index (χ2v) is 22.0. The molecule has 0 aromatic heterocycles. The summed E-state index contributed by atoms with van der Waals surface area (Å²) >= 11 is 0. The van der Waals surface area contributed by atoms with Gasteiger partial charge >= 0.3 is 0 Å². The van der Waals surface area contributed by atoms with Crippen molar-refractivity contribution in [3.05, 3.63) is 0 Å². The van der Waals surface area contributed by atoms with Crippen LogP contribution in [0, 0.1) is 11.8 Å². The van der Waals surface area contributed by atoms with Crippen LogP contribution in [0.15, 0.2) is 0 Å². The van der Waals surface area contributed by atoms with Gasteiger partial charge in [-0.2, -0.15) is 0 Å². The van der Waals surface area contributed by atoms with Gasteiger partial charge in [-0.05, 0) is 62.5 Å². The summed E-state index contributed by atoms with van der Waals surface area (Å²) in [5, 5.41) is 3.19. The van der Waals surface area contributed by atoms with Crippen LogP contribution in [-0.2, 0) is 18.4 Å². The van der Waals surface area contributed by atoms with Crippen LogP contribution < -0.4 is 5.32 Å². The molecule has 0 radical (unpaired) electrons. The van der Waals surface area contributed by atoms with Crippen molar-refractivity contribution in [2.75, 3.05) is 0 Å². The van der Waals surface area contributed by atoms with E-state index in [1.807, 2.05) is 6.92 Å². The van der Waals surface area contributed by atoms with E-state index in [1.54, 1.807) is 0 Å². The van der Waals surface area contributed by atoms with Crippen molar-refractivity contribution in [1.29, 1.82) is 0 Å². The molecule has 1 N–H and O–H groups in total. The molecule has 0 spiro atoms. The van der Waals surface area contributed by atoms with Gasteiger partial charge in [0.05, 0.1) is 18.1 Å². The molecule has 5 nitrogen and oxygen atoms in total. The average Bonchev–Trinajstić information content (AvgIpc) is 2.51. The fourth-order valence-electron chi connectivity index (χ4n) is 4.04. The van der Waals surface area contributed by atoms with E-state index in [1.165, 1.54) is 0 Å². The molecule has 0 aromatic carbocycles. The molecule has 2 aliphatic rings. The van der Waals surface area contributed by atoms with E-state index < -0.39 is 16.6 Å². The Bertz CT molecular complexity index is 663. The van der Waals surface area contributed by atoms with Crippen LogP contribution in [0.5, 0.6) is 0 Å². The molecule has 1 saturated carbocycles. The maximum Gasteiger partial charge on any atom is 0.228 e. The summed E-state index contributed by atoms with van der Waals surface area (Å²) in [6, 6.07) is -0.129. The number of rotatable bonds is 6. The van der Waals surface area contributed by atoms with E-state index in [0.717, 1.165) is 19.3 Å². The smallest absolute Gasteiger partial charge is 0.228 e. The van der Waals surface area contributed by atoms with Gasteiger partial charge in [0.1, 0.15) is 6.10 Å². The summed E-state index contributed by atoms with van der Waals surface area (Å²) in [5.41, 5.74) is 0. The Morgan fingerprint density at radius 2 is 1.47 bits per heavy atom. The Kier molecular flexibility index (Phi) is 7.25. The lowest BCUT2D eigenvalue weighted by atomic mass is 9.71. The monoisotopic (exact) mass is 455 g/mol. The van der Waals surface area contributed by atoms with Gasteiger partial charge in [-0.25, -0.2) is 0 Å².